The van der Waals surface area contributed by atoms with Gasteiger partial charge >= 0.3 is 6.61 Å². The van der Waals surface area contributed by atoms with E-state index < -0.39 is 6.61 Å². The van der Waals surface area contributed by atoms with Gasteiger partial charge in [0.25, 0.3) is 0 Å². The van der Waals surface area contributed by atoms with E-state index in [1.54, 1.807) is 22.9 Å². The van der Waals surface area contributed by atoms with Gasteiger partial charge in [-0.2, -0.15) is 18.9 Å². The molecular weight excluding hydrogens is 402 g/mol. The van der Waals surface area contributed by atoms with Gasteiger partial charge in [-0.05, 0) is 37.1 Å². The average molecular weight is 421 g/mol. The van der Waals surface area contributed by atoms with Gasteiger partial charge in [0.2, 0.25) is 5.95 Å². The van der Waals surface area contributed by atoms with Crippen LogP contribution in [0, 0.1) is 0 Å². The molecule has 0 saturated heterocycles. The van der Waals surface area contributed by atoms with Gasteiger partial charge in [-0.25, -0.2) is 4.68 Å². The van der Waals surface area contributed by atoms with Crippen molar-refractivity contribution < 1.29 is 18.3 Å². The summed E-state index contributed by atoms with van der Waals surface area (Å²) >= 11 is 6.35. The highest BCUT2D eigenvalue weighted by molar-refractivity contribution is 6.32. The lowest BCUT2D eigenvalue weighted by molar-refractivity contribution is -0.0507. The number of ether oxygens (including phenoxy) is 2. The number of hydrogen-bond acceptors (Lipinski definition) is 5. The van der Waals surface area contributed by atoms with Crippen molar-refractivity contribution in [2.75, 3.05) is 11.9 Å². The van der Waals surface area contributed by atoms with Crippen LogP contribution in [0.25, 0.3) is 0 Å². The monoisotopic (exact) mass is 420 g/mol. The standard InChI is InChI=1S/C20H19ClF2N4O2/c1-2-28-18-8-7-12(9-14(18)21)15-10-16(27-20(26-15)24-11-25-27)13-5-3-4-6-17(13)29-19(22)23/h3-9,11,15-16,19H,2,10H2,1H3,(H,24,25,26)/t15-,16-/m0/s1. The molecule has 0 radical (unpaired) electrons. The summed E-state index contributed by atoms with van der Waals surface area (Å²) in [4.78, 5) is 4.26. The third-order valence-corrected chi connectivity index (χ3v) is 5.08. The smallest absolute Gasteiger partial charge is 0.387 e. The third-order valence-electron chi connectivity index (χ3n) is 4.78. The summed E-state index contributed by atoms with van der Waals surface area (Å²) in [6.07, 6.45) is 1.98. The molecule has 0 bridgehead atoms. The van der Waals surface area contributed by atoms with Crippen molar-refractivity contribution in [2.45, 2.75) is 32.0 Å². The number of halogens is 3. The molecular formula is C20H19ClF2N4O2. The molecule has 152 valence electrons. The van der Waals surface area contributed by atoms with E-state index in [0.717, 1.165) is 5.56 Å². The molecule has 0 saturated carbocycles. The fourth-order valence-electron chi connectivity index (χ4n) is 3.56. The van der Waals surface area contributed by atoms with Crippen molar-refractivity contribution in [1.82, 2.24) is 14.8 Å². The van der Waals surface area contributed by atoms with E-state index in [1.807, 2.05) is 25.1 Å². The van der Waals surface area contributed by atoms with Crippen molar-refractivity contribution in [3.63, 3.8) is 0 Å². The molecule has 0 aliphatic carbocycles. The number of para-hydroxylation sites is 1. The van der Waals surface area contributed by atoms with E-state index in [2.05, 4.69) is 15.4 Å². The van der Waals surface area contributed by atoms with Crippen LogP contribution in [0.1, 0.15) is 36.6 Å². The highest BCUT2D eigenvalue weighted by Crippen LogP contribution is 2.41. The van der Waals surface area contributed by atoms with E-state index in [0.29, 0.717) is 35.3 Å². The van der Waals surface area contributed by atoms with Crippen LogP contribution >= 0.6 is 11.6 Å². The Morgan fingerprint density at radius 1 is 1.24 bits per heavy atom. The minimum absolute atomic E-state index is 0.124. The van der Waals surface area contributed by atoms with Crippen LogP contribution in [0.5, 0.6) is 11.5 Å². The molecule has 9 heteroatoms. The number of fused-ring (bicyclic) bond motifs is 1. The van der Waals surface area contributed by atoms with Gasteiger partial charge in [0.05, 0.1) is 23.7 Å². The number of hydrogen-bond donors (Lipinski definition) is 1. The lowest BCUT2D eigenvalue weighted by Crippen LogP contribution is -2.28. The Hall–Kier alpha value is -2.87. The quantitative estimate of drug-likeness (QED) is 0.602. The maximum absolute atomic E-state index is 12.9. The summed E-state index contributed by atoms with van der Waals surface area (Å²) in [5, 5.41) is 8.12. The Morgan fingerprint density at radius 3 is 2.83 bits per heavy atom. The van der Waals surface area contributed by atoms with E-state index in [1.165, 1.54) is 12.4 Å². The zero-order chi connectivity index (χ0) is 20.4. The third kappa shape index (κ3) is 3.98. The molecule has 1 N–H and O–H groups in total. The molecule has 6 nitrogen and oxygen atoms in total. The van der Waals surface area contributed by atoms with Crippen LogP contribution < -0.4 is 14.8 Å². The second-order valence-electron chi connectivity index (χ2n) is 6.52. The summed E-state index contributed by atoms with van der Waals surface area (Å²) in [5.74, 6) is 1.28. The van der Waals surface area contributed by atoms with Crippen molar-refractivity contribution in [1.29, 1.82) is 0 Å². The number of rotatable bonds is 6. The number of nitrogens with one attached hydrogen (secondary N) is 1. The Bertz CT molecular complexity index is 998. The Morgan fingerprint density at radius 2 is 2.07 bits per heavy atom. The average Bonchev–Trinajstić information content (AvgIpc) is 3.18. The van der Waals surface area contributed by atoms with Crippen molar-refractivity contribution in [3.8, 4) is 11.5 Å². The second kappa shape index (κ2) is 8.24. The summed E-state index contributed by atoms with van der Waals surface area (Å²) in [7, 11) is 0. The Labute approximate surface area is 171 Å². The van der Waals surface area contributed by atoms with Gasteiger partial charge in [0, 0.05) is 5.56 Å². The van der Waals surface area contributed by atoms with Gasteiger partial charge in [-0.3, -0.25) is 0 Å². The molecule has 1 aliphatic heterocycles. The van der Waals surface area contributed by atoms with E-state index in [9.17, 15) is 8.78 Å². The summed E-state index contributed by atoms with van der Waals surface area (Å²) in [5.41, 5.74) is 1.55. The first-order valence-corrected chi connectivity index (χ1v) is 9.56. The minimum atomic E-state index is -2.91. The van der Waals surface area contributed by atoms with E-state index in [-0.39, 0.29) is 17.8 Å². The molecule has 0 unspecified atom stereocenters. The molecule has 0 amide bonds. The van der Waals surface area contributed by atoms with Gasteiger partial charge in [0.1, 0.15) is 17.8 Å². The van der Waals surface area contributed by atoms with E-state index >= 15 is 0 Å². The van der Waals surface area contributed by atoms with Gasteiger partial charge in [-0.15, -0.1) is 0 Å². The number of aromatic nitrogens is 3. The zero-order valence-corrected chi connectivity index (χ0v) is 16.3. The summed E-state index contributed by atoms with van der Waals surface area (Å²) < 4.78 is 37.7. The summed E-state index contributed by atoms with van der Waals surface area (Å²) in [6, 6.07) is 11.9. The molecule has 1 aromatic heterocycles. The van der Waals surface area contributed by atoms with Crippen LogP contribution in [0.15, 0.2) is 48.8 Å². The molecule has 3 aromatic rings. The number of nitrogens with zero attached hydrogens (tertiary/aromatic N) is 3. The normalized spacial score (nSPS) is 18.2. The lowest BCUT2D eigenvalue weighted by Gasteiger charge is -2.32. The highest BCUT2D eigenvalue weighted by atomic mass is 35.5. The number of alkyl halides is 2. The molecule has 2 heterocycles. The molecule has 2 atom stereocenters. The van der Waals surface area contributed by atoms with Crippen LogP contribution in [0.3, 0.4) is 0 Å². The number of benzene rings is 2. The highest BCUT2D eigenvalue weighted by Gasteiger charge is 2.32. The van der Waals surface area contributed by atoms with E-state index in [4.69, 9.17) is 21.1 Å². The van der Waals surface area contributed by atoms with Crippen molar-refractivity contribution in [2.24, 2.45) is 0 Å². The van der Waals surface area contributed by atoms with Gasteiger partial charge in [-0.1, -0.05) is 35.9 Å². The summed E-state index contributed by atoms with van der Waals surface area (Å²) in [6.45, 7) is -0.496. The van der Waals surface area contributed by atoms with Gasteiger partial charge in [0.15, 0.2) is 0 Å². The predicted molar refractivity (Wildman–Crippen MR) is 105 cm³/mol. The maximum atomic E-state index is 12.9. The fourth-order valence-corrected chi connectivity index (χ4v) is 3.81. The van der Waals surface area contributed by atoms with Crippen LogP contribution in [-0.2, 0) is 0 Å². The Balaban J connectivity index is 1.70. The maximum Gasteiger partial charge on any atom is 0.387 e. The first kappa shape index (κ1) is 19.4. The topological polar surface area (TPSA) is 61.2 Å². The number of anilines is 1. The lowest BCUT2D eigenvalue weighted by atomic mass is 9.93. The zero-order valence-electron chi connectivity index (χ0n) is 15.6. The molecule has 0 spiro atoms. The first-order chi connectivity index (χ1) is 14.1. The Kier molecular flexibility index (Phi) is 5.53. The largest absolute Gasteiger partial charge is 0.492 e. The van der Waals surface area contributed by atoms with Crippen LogP contribution in [0.2, 0.25) is 5.02 Å². The first-order valence-electron chi connectivity index (χ1n) is 9.18. The van der Waals surface area contributed by atoms with Gasteiger partial charge < -0.3 is 14.8 Å². The molecule has 0 fully saturated rings. The predicted octanol–water partition coefficient (Wildman–Crippen LogP) is 5.08. The minimum Gasteiger partial charge on any atom is -0.492 e. The SMILES string of the molecule is CCOc1ccc([C@@H]2C[C@@H](c3ccccc3OC(F)F)n3ncnc3N2)cc1Cl. The van der Waals surface area contributed by atoms with Crippen LogP contribution in [-0.4, -0.2) is 28.0 Å². The second-order valence-corrected chi connectivity index (χ2v) is 6.92. The van der Waals surface area contributed by atoms with Crippen LogP contribution in [0.4, 0.5) is 14.7 Å². The molecule has 1 aliphatic rings. The molecule has 2 aromatic carbocycles. The fraction of sp³-hybridized carbons (Fsp3) is 0.300. The molecule has 4 rings (SSSR count). The van der Waals surface area contributed by atoms with Crippen molar-refractivity contribution in [3.05, 3.63) is 64.9 Å². The molecule has 29 heavy (non-hydrogen) atoms. The van der Waals surface area contributed by atoms with Crippen molar-refractivity contribution >= 4 is 17.5 Å².